The molecule has 0 saturated heterocycles. The molecule has 0 fully saturated rings. The van der Waals surface area contributed by atoms with Crippen LogP contribution in [0.3, 0.4) is 0 Å². The first-order valence-corrected chi connectivity index (χ1v) is 10.6. The molecule has 0 aliphatic heterocycles. The minimum atomic E-state index is -0.316. The molecule has 1 aromatic carbocycles. The molecular formula is C22H30Cl2N4O2. The minimum Gasteiger partial charge on any atom is -0.330 e. The number of aromatic nitrogens is 2. The van der Waals surface area contributed by atoms with Crippen molar-refractivity contribution in [3.63, 3.8) is 0 Å². The highest BCUT2D eigenvalue weighted by atomic mass is 35.5. The number of hydrogen-bond donors (Lipinski definition) is 1. The average Bonchev–Trinajstić information content (AvgIpc) is 3.02. The molecule has 0 unspecified atom stereocenters. The molecule has 2 rings (SSSR count). The maximum absolute atomic E-state index is 12.8. The molecule has 0 radical (unpaired) electrons. The topological polar surface area (TPSA) is 67.2 Å². The Morgan fingerprint density at radius 1 is 1.03 bits per heavy atom. The lowest BCUT2D eigenvalue weighted by molar-refractivity contribution is -0.116. The van der Waals surface area contributed by atoms with E-state index in [2.05, 4.69) is 26.1 Å². The third-order valence-electron chi connectivity index (χ3n) is 4.49. The van der Waals surface area contributed by atoms with Gasteiger partial charge in [0.2, 0.25) is 5.91 Å². The summed E-state index contributed by atoms with van der Waals surface area (Å²) in [6, 6.07) is 6.53. The van der Waals surface area contributed by atoms with Gasteiger partial charge in [-0.25, -0.2) is 4.68 Å². The minimum absolute atomic E-state index is 0.0976. The zero-order valence-electron chi connectivity index (χ0n) is 18.6. The molecular weight excluding hydrogens is 423 g/mol. The summed E-state index contributed by atoms with van der Waals surface area (Å²) in [7, 11) is 0. The van der Waals surface area contributed by atoms with Crippen LogP contribution < -0.4 is 5.32 Å². The highest BCUT2D eigenvalue weighted by Gasteiger charge is 2.26. The first kappa shape index (κ1) is 24.2. The van der Waals surface area contributed by atoms with Crippen LogP contribution in [-0.4, -0.2) is 39.6 Å². The molecule has 2 aromatic rings. The van der Waals surface area contributed by atoms with E-state index in [1.165, 1.54) is 4.90 Å². The molecule has 30 heavy (non-hydrogen) atoms. The predicted molar refractivity (Wildman–Crippen MR) is 123 cm³/mol. The third-order valence-corrected chi connectivity index (χ3v) is 4.93. The van der Waals surface area contributed by atoms with Crippen molar-refractivity contribution in [2.45, 2.75) is 59.4 Å². The van der Waals surface area contributed by atoms with Crippen LogP contribution in [0.4, 0.5) is 5.82 Å². The number of halogens is 2. The molecule has 1 N–H and O–H groups in total. The standard InChI is InChI=1S/C22H30Cl2N4O2/c1-8-27(20(30)14-9-15(23)11-16(24)10-14)13-19(29)25-18-12-17(21(2,3)4)26-28(18)22(5,6)7/h9-12H,8,13H2,1-7H3,(H,25,29). The van der Waals surface area contributed by atoms with Gasteiger partial charge in [-0.05, 0) is 45.9 Å². The number of likely N-dealkylation sites (N-methyl/N-ethyl adjacent to an activating group) is 1. The van der Waals surface area contributed by atoms with Gasteiger partial charge in [0.25, 0.3) is 5.91 Å². The summed E-state index contributed by atoms with van der Waals surface area (Å²) in [5.74, 6) is -0.00679. The molecule has 8 heteroatoms. The van der Waals surface area contributed by atoms with Gasteiger partial charge in [0.1, 0.15) is 12.4 Å². The van der Waals surface area contributed by atoms with Crippen LogP contribution in [0, 0.1) is 0 Å². The van der Waals surface area contributed by atoms with E-state index in [4.69, 9.17) is 28.3 Å². The number of nitrogens with zero attached hydrogens (tertiary/aromatic N) is 3. The second-order valence-electron chi connectivity index (χ2n) is 9.27. The third kappa shape index (κ3) is 5.99. The van der Waals surface area contributed by atoms with Crippen LogP contribution in [0.1, 0.15) is 64.5 Å². The second-order valence-corrected chi connectivity index (χ2v) is 10.1. The summed E-state index contributed by atoms with van der Waals surface area (Å²) in [6.07, 6.45) is 0. The first-order valence-electron chi connectivity index (χ1n) is 9.88. The fourth-order valence-electron chi connectivity index (χ4n) is 2.89. The Balaban J connectivity index is 2.23. The molecule has 164 valence electrons. The number of nitrogens with one attached hydrogen (secondary N) is 1. The van der Waals surface area contributed by atoms with Gasteiger partial charge in [-0.2, -0.15) is 5.10 Å². The van der Waals surface area contributed by atoms with Crippen molar-refractivity contribution in [3.05, 3.63) is 45.6 Å². The van der Waals surface area contributed by atoms with Crippen molar-refractivity contribution in [3.8, 4) is 0 Å². The van der Waals surface area contributed by atoms with Crippen LogP contribution in [0.2, 0.25) is 10.0 Å². The van der Waals surface area contributed by atoms with E-state index in [9.17, 15) is 9.59 Å². The van der Waals surface area contributed by atoms with Crippen LogP contribution in [0.15, 0.2) is 24.3 Å². The summed E-state index contributed by atoms with van der Waals surface area (Å²) in [6.45, 7) is 14.4. The van der Waals surface area contributed by atoms with Crippen molar-refractivity contribution in [1.29, 1.82) is 0 Å². The van der Waals surface area contributed by atoms with E-state index in [0.29, 0.717) is 28.0 Å². The number of hydrogen-bond acceptors (Lipinski definition) is 3. The Hall–Kier alpha value is -2.05. The van der Waals surface area contributed by atoms with E-state index in [1.807, 2.05) is 33.8 Å². The fourth-order valence-corrected chi connectivity index (χ4v) is 3.42. The molecule has 1 heterocycles. The maximum Gasteiger partial charge on any atom is 0.254 e. The SMILES string of the molecule is CCN(CC(=O)Nc1cc(C(C)(C)C)nn1C(C)(C)C)C(=O)c1cc(Cl)cc(Cl)c1. The van der Waals surface area contributed by atoms with E-state index in [0.717, 1.165) is 5.69 Å². The Labute approximate surface area is 188 Å². The molecule has 0 aliphatic carbocycles. The van der Waals surface area contributed by atoms with Gasteiger partial charge < -0.3 is 10.2 Å². The zero-order valence-corrected chi connectivity index (χ0v) is 20.1. The van der Waals surface area contributed by atoms with Crippen molar-refractivity contribution in [2.75, 3.05) is 18.4 Å². The lowest BCUT2D eigenvalue weighted by Gasteiger charge is -2.24. The number of anilines is 1. The van der Waals surface area contributed by atoms with Crippen LogP contribution in [0.5, 0.6) is 0 Å². The van der Waals surface area contributed by atoms with E-state index < -0.39 is 0 Å². The first-order chi connectivity index (χ1) is 13.7. The van der Waals surface area contributed by atoms with Gasteiger partial charge in [0, 0.05) is 33.6 Å². The molecule has 0 aliphatic rings. The Bertz CT molecular complexity index is 919. The van der Waals surface area contributed by atoms with Gasteiger partial charge in [-0.3, -0.25) is 9.59 Å². The second kappa shape index (κ2) is 8.98. The zero-order chi connectivity index (χ0) is 22.9. The molecule has 1 aromatic heterocycles. The monoisotopic (exact) mass is 452 g/mol. The Kier molecular flexibility index (Phi) is 7.25. The molecule has 0 bridgehead atoms. The van der Waals surface area contributed by atoms with E-state index >= 15 is 0 Å². The normalized spacial score (nSPS) is 12.0. The quantitative estimate of drug-likeness (QED) is 0.664. The molecule has 0 spiro atoms. The summed E-state index contributed by atoms with van der Waals surface area (Å²) >= 11 is 12.0. The highest BCUT2D eigenvalue weighted by Crippen LogP contribution is 2.28. The largest absolute Gasteiger partial charge is 0.330 e. The molecule has 6 nitrogen and oxygen atoms in total. The van der Waals surface area contributed by atoms with Gasteiger partial charge in [-0.1, -0.05) is 44.0 Å². The number of carbonyl (C=O) groups excluding carboxylic acids is 2. The maximum atomic E-state index is 12.8. The number of benzene rings is 1. The van der Waals surface area contributed by atoms with Gasteiger partial charge >= 0.3 is 0 Å². The van der Waals surface area contributed by atoms with Crippen molar-refractivity contribution >= 4 is 40.8 Å². The fraction of sp³-hybridized carbons (Fsp3) is 0.500. The van der Waals surface area contributed by atoms with Crippen molar-refractivity contribution in [2.24, 2.45) is 0 Å². The van der Waals surface area contributed by atoms with Gasteiger partial charge in [0.15, 0.2) is 0 Å². The number of carbonyl (C=O) groups is 2. The summed E-state index contributed by atoms with van der Waals surface area (Å²) in [5.41, 5.74) is 0.749. The Morgan fingerprint density at radius 2 is 1.60 bits per heavy atom. The van der Waals surface area contributed by atoms with Crippen LogP contribution in [-0.2, 0) is 15.7 Å². The van der Waals surface area contributed by atoms with Gasteiger partial charge in [0.05, 0.1) is 11.2 Å². The average molecular weight is 453 g/mol. The molecule has 0 atom stereocenters. The number of rotatable bonds is 5. The van der Waals surface area contributed by atoms with Crippen LogP contribution in [0.25, 0.3) is 0 Å². The summed E-state index contributed by atoms with van der Waals surface area (Å²) in [4.78, 5) is 27.1. The lowest BCUT2D eigenvalue weighted by atomic mass is 9.92. The highest BCUT2D eigenvalue weighted by molar-refractivity contribution is 6.35. The summed E-state index contributed by atoms with van der Waals surface area (Å²) < 4.78 is 1.81. The van der Waals surface area contributed by atoms with E-state index in [-0.39, 0.29) is 29.3 Å². The van der Waals surface area contributed by atoms with Crippen molar-refractivity contribution < 1.29 is 9.59 Å². The summed E-state index contributed by atoms with van der Waals surface area (Å²) in [5, 5.41) is 8.36. The smallest absolute Gasteiger partial charge is 0.254 e. The van der Waals surface area contributed by atoms with Gasteiger partial charge in [-0.15, -0.1) is 0 Å². The van der Waals surface area contributed by atoms with E-state index in [1.54, 1.807) is 22.9 Å². The Morgan fingerprint density at radius 3 is 2.07 bits per heavy atom. The molecule has 2 amide bonds. The predicted octanol–water partition coefficient (Wildman–Crippen LogP) is 5.34. The number of amides is 2. The van der Waals surface area contributed by atoms with Crippen LogP contribution >= 0.6 is 23.2 Å². The van der Waals surface area contributed by atoms with Crippen molar-refractivity contribution in [1.82, 2.24) is 14.7 Å². The molecule has 0 saturated carbocycles. The lowest BCUT2D eigenvalue weighted by Crippen LogP contribution is -2.38.